The molecule has 0 aliphatic carbocycles. The second kappa shape index (κ2) is 8.41. The van der Waals surface area contributed by atoms with E-state index in [1.54, 1.807) is 11.2 Å². The Morgan fingerprint density at radius 2 is 1.73 bits per heavy atom. The molecule has 30 heavy (non-hydrogen) atoms. The van der Waals surface area contributed by atoms with E-state index in [0.717, 1.165) is 61.4 Å². The van der Waals surface area contributed by atoms with E-state index in [1.807, 2.05) is 31.9 Å². The van der Waals surface area contributed by atoms with Gasteiger partial charge in [0.1, 0.15) is 29.6 Å². The quantitative estimate of drug-likeness (QED) is 0.745. The summed E-state index contributed by atoms with van der Waals surface area (Å²) in [4.78, 5) is 38.3. The van der Waals surface area contributed by atoms with Crippen LogP contribution in [-0.4, -0.2) is 83.6 Å². The van der Waals surface area contributed by atoms with E-state index in [4.69, 9.17) is 0 Å². The summed E-state index contributed by atoms with van der Waals surface area (Å²) in [6.07, 6.45) is 3.67. The maximum Gasteiger partial charge on any atom is 0.241 e. The number of piperidine rings is 1. The molecule has 2 saturated heterocycles. The van der Waals surface area contributed by atoms with Crippen molar-refractivity contribution in [3.63, 3.8) is 0 Å². The van der Waals surface area contributed by atoms with Crippen molar-refractivity contribution in [2.75, 3.05) is 61.5 Å². The summed E-state index contributed by atoms with van der Waals surface area (Å²) in [5, 5.41) is 0. The Hall–Kier alpha value is -2.97. The lowest BCUT2D eigenvalue weighted by Gasteiger charge is -2.38. The summed E-state index contributed by atoms with van der Waals surface area (Å²) in [7, 11) is 3.94. The smallest absolute Gasteiger partial charge is 0.241 e. The molecule has 0 unspecified atom stereocenters. The van der Waals surface area contributed by atoms with Gasteiger partial charge in [0.15, 0.2) is 0 Å². The Balaban J connectivity index is 1.41. The highest BCUT2D eigenvalue weighted by molar-refractivity contribution is 5.82. The predicted molar refractivity (Wildman–Crippen MR) is 117 cm³/mol. The van der Waals surface area contributed by atoms with Gasteiger partial charge in [0.2, 0.25) is 5.91 Å². The van der Waals surface area contributed by atoms with Gasteiger partial charge in [-0.25, -0.2) is 19.9 Å². The van der Waals surface area contributed by atoms with Crippen LogP contribution in [0, 0.1) is 13.8 Å². The minimum atomic E-state index is 0.123. The van der Waals surface area contributed by atoms with Crippen LogP contribution in [0.3, 0.4) is 0 Å². The number of carbonyl (C=O) groups excluding carboxylic acids is 1. The van der Waals surface area contributed by atoms with E-state index < -0.39 is 0 Å². The Labute approximate surface area is 177 Å². The van der Waals surface area contributed by atoms with Crippen LogP contribution in [0.15, 0.2) is 18.5 Å². The summed E-state index contributed by atoms with van der Waals surface area (Å²) in [5.41, 5.74) is 1.01. The van der Waals surface area contributed by atoms with Crippen LogP contribution < -0.4 is 14.7 Å². The van der Waals surface area contributed by atoms with Gasteiger partial charge in [-0.15, -0.1) is 0 Å². The van der Waals surface area contributed by atoms with Crippen molar-refractivity contribution >= 4 is 23.4 Å². The van der Waals surface area contributed by atoms with Gasteiger partial charge >= 0.3 is 0 Å². The van der Waals surface area contributed by atoms with Gasteiger partial charge in [0.05, 0.1) is 6.54 Å². The number of nitrogens with zero attached hydrogens (tertiary/aromatic N) is 8. The molecule has 160 valence electrons. The molecule has 1 amide bonds. The molecule has 2 aliphatic heterocycles. The fourth-order valence-electron chi connectivity index (χ4n) is 4.19. The van der Waals surface area contributed by atoms with Crippen LogP contribution in [0.4, 0.5) is 17.5 Å². The molecule has 9 nitrogen and oxygen atoms in total. The minimum Gasteiger partial charge on any atom is -0.356 e. The number of piperazine rings is 1. The van der Waals surface area contributed by atoms with E-state index in [2.05, 4.69) is 42.8 Å². The molecule has 0 saturated carbocycles. The minimum absolute atomic E-state index is 0.123. The molecule has 0 atom stereocenters. The lowest BCUT2D eigenvalue weighted by molar-refractivity contribution is -0.129. The predicted octanol–water partition coefficient (Wildman–Crippen LogP) is 1.27. The Kier molecular flexibility index (Phi) is 5.69. The summed E-state index contributed by atoms with van der Waals surface area (Å²) in [5.74, 6) is 3.68. The van der Waals surface area contributed by atoms with Crippen LogP contribution in [0.5, 0.6) is 0 Å². The molecule has 0 radical (unpaired) electrons. The number of rotatable bonds is 4. The fourth-order valence-corrected chi connectivity index (χ4v) is 4.19. The molecule has 4 heterocycles. The first-order valence-electron chi connectivity index (χ1n) is 10.5. The van der Waals surface area contributed by atoms with Gasteiger partial charge in [-0.1, -0.05) is 0 Å². The Morgan fingerprint density at radius 3 is 2.43 bits per heavy atom. The average Bonchev–Trinajstić information content (AvgIpc) is 2.75. The number of amides is 1. The van der Waals surface area contributed by atoms with Gasteiger partial charge in [-0.05, 0) is 26.7 Å². The third-order valence-corrected chi connectivity index (χ3v) is 6.07. The van der Waals surface area contributed by atoms with Crippen molar-refractivity contribution in [2.45, 2.75) is 32.7 Å². The number of anilines is 3. The van der Waals surface area contributed by atoms with E-state index in [-0.39, 0.29) is 5.91 Å². The molecule has 9 heteroatoms. The molecule has 0 bridgehead atoms. The van der Waals surface area contributed by atoms with Crippen molar-refractivity contribution < 1.29 is 4.79 Å². The fraction of sp³-hybridized carbons (Fsp3) is 0.571. The van der Waals surface area contributed by atoms with Crippen molar-refractivity contribution in [3.8, 4) is 0 Å². The Morgan fingerprint density at radius 1 is 0.967 bits per heavy atom. The van der Waals surface area contributed by atoms with Gasteiger partial charge in [-0.2, -0.15) is 0 Å². The van der Waals surface area contributed by atoms with Gasteiger partial charge in [-0.3, -0.25) is 4.79 Å². The topological polar surface area (TPSA) is 81.6 Å². The van der Waals surface area contributed by atoms with Gasteiger partial charge in [0.25, 0.3) is 0 Å². The Bertz CT molecular complexity index is 891. The van der Waals surface area contributed by atoms with Crippen LogP contribution in [0.25, 0.3) is 0 Å². The van der Waals surface area contributed by atoms with Crippen LogP contribution in [0.1, 0.15) is 24.4 Å². The van der Waals surface area contributed by atoms with Crippen LogP contribution in [-0.2, 0) is 4.79 Å². The first-order chi connectivity index (χ1) is 14.4. The maximum absolute atomic E-state index is 12.1. The van der Waals surface area contributed by atoms with Crippen molar-refractivity contribution in [1.82, 2.24) is 24.8 Å². The summed E-state index contributed by atoms with van der Waals surface area (Å²) in [6.45, 7) is 7.74. The zero-order valence-corrected chi connectivity index (χ0v) is 18.2. The molecule has 0 aromatic carbocycles. The van der Waals surface area contributed by atoms with Crippen molar-refractivity contribution in [3.05, 3.63) is 30.0 Å². The first-order valence-corrected chi connectivity index (χ1v) is 10.5. The number of hydrogen-bond acceptors (Lipinski definition) is 8. The largest absolute Gasteiger partial charge is 0.356 e. The summed E-state index contributed by atoms with van der Waals surface area (Å²) >= 11 is 0. The number of likely N-dealkylation sites (N-methyl/N-ethyl adjacent to an activating group) is 1. The molecular weight excluding hydrogens is 380 g/mol. The normalized spacial score (nSPS) is 18.1. The van der Waals surface area contributed by atoms with E-state index in [1.165, 1.54) is 0 Å². The third-order valence-electron chi connectivity index (χ3n) is 6.07. The highest BCUT2D eigenvalue weighted by atomic mass is 16.2. The molecule has 0 N–H and O–H groups in total. The van der Waals surface area contributed by atoms with Gasteiger partial charge in [0, 0.05) is 64.1 Å². The van der Waals surface area contributed by atoms with Crippen molar-refractivity contribution in [1.29, 1.82) is 0 Å². The second-order valence-corrected chi connectivity index (χ2v) is 8.22. The third kappa shape index (κ3) is 4.29. The number of hydrogen-bond donors (Lipinski definition) is 0. The zero-order valence-electron chi connectivity index (χ0n) is 18.2. The molecule has 2 aliphatic rings. The number of carbonyl (C=O) groups is 1. The average molecular weight is 411 g/mol. The second-order valence-electron chi connectivity index (χ2n) is 8.22. The lowest BCUT2D eigenvalue weighted by Crippen LogP contribution is -2.49. The first kappa shape index (κ1) is 20.3. The highest BCUT2D eigenvalue weighted by Crippen LogP contribution is 2.25. The monoisotopic (exact) mass is 410 g/mol. The van der Waals surface area contributed by atoms with Crippen LogP contribution >= 0.6 is 0 Å². The molecule has 2 aromatic heterocycles. The van der Waals surface area contributed by atoms with Crippen molar-refractivity contribution in [2.24, 2.45) is 0 Å². The highest BCUT2D eigenvalue weighted by Gasteiger charge is 2.26. The number of aromatic nitrogens is 4. The van der Waals surface area contributed by atoms with E-state index in [0.29, 0.717) is 19.1 Å². The van der Waals surface area contributed by atoms with Gasteiger partial charge < -0.3 is 19.6 Å². The lowest BCUT2D eigenvalue weighted by atomic mass is 10.0. The SMILES string of the molecule is Cc1cc(N2CCC(N(C)c3cc(N4CCN(C)C(=O)C4)ncn3)CC2)nc(C)n1. The molecule has 2 aromatic rings. The molecule has 4 rings (SSSR count). The number of aryl methyl sites for hydroxylation is 2. The maximum atomic E-state index is 12.1. The summed E-state index contributed by atoms with van der Waals surface area (Å²) in [6, 6.07) is 4.47. The summed E-state index contributed by atoms with van der Waals surface area (Å²) < 4.78 is 0. The molecular formula is C21H30N8O. The molecule has 0 spiro atoms. The van der Waals surface area contributed by atoms with E-state index in [9.17, 15) is 4.79 Å². The van der Waals surface area contributed by atoms with E-state index >= 15 is 0 Å². The zero-order chi connectivity index (χ0) is 21.3. The molecule has 2 fully saturated rings. The standard InChI is InChI=1S/C21H30N8O/c1-15-11-20(25-16(2)24-15)28-7-5-17(6-8-28)27(4)18-12-19(23-14-22-18)29-10-9-26(3)21(30)13-29/h11-12,14,17H,5-10,13H2,1-4H3. The van der Waals surface area contributed by atoms with Crippen LogP contribution in [0.2, 0.25) is 0 Å².